The minimum absolute atomic E-state index is 0.214. The van der Waals surface area contributed by atoms with Crippen LogP contribution in [0.3, 0.4) is 0 Å². The fourth-order valence-electron chi connectivity index (χ4n) is 7.06. The van der Waals surface area contributed by atoms with Crippen molar-refractivity contribution in [2.45, 2.75) is 222 Å². The zero-order chi connectivity index (χ0) is 39.0. The Bertz CT molecular complexity index is 915. The normalized spacial score (nSPS) is 30.3. The highest BCUT2D eigenvalue weighted by molar-refractivity contribution is 5.76. The third-order valence-corrected chi connectivity index (χ3v) is 10.6. The number of hydrogen-bond donors (Lipinski definition) is 9. The largest absolute Gasteiger partial charge is 0.394 e. The molecule has 2 fully saturated rings. The van der Waals surface area contributed by atoms with Gasteiger partial charge in [0.2, 0.25) is 5.91 Å². The Morgan fingerprint density at radius 3 is 1.60 bits per heavy atom. The standard InChI is InChI=1S/C39H75NO13/c1-3-5-7-9-10-11-12-13-14-15-16-17-19-21-23-31(44)40-27(28(43)22-20-18-8-6-4-2)26-50-38-36(49)34(47)37(30(25-42)52-38)53-39-35(48)33(46)32(45)29(24-41)51-39/h27-30,32-39,41-43,45-49H,3-26H2,1-2H3,(H,40,44). The van der Waals surface area contributed by atoms with E-state index < -0.39 is 86.8 Å². The number of rotatable bonds is 30. The average Bonchev–Trinajstić information content (AvgIpc) is 3.15. The summed E-state index contributed by atoms with van der Waals surface area (Å²) in [5.41, 5.74) is 0. The van der Waals surface area contributed by atoms with Gasteiger partial charge in [0.1, 0.15) is 48.8 Å². The van der Waals surface area contributed by atoms with Crippen molar-refractivity contribution in [2.75, 3.05) is 19.8 Å². The van der Waals surface area contributed by atoms with Gasteiger partial charge in [0.25, 0.3) is 0 Å². The quantitative estimate of drug-likeness (QED) is 0.0480. The Labute approximate surface area is 317 Å². The highest BCUT2D eigenvalue weighted by Crippen LogP contribution is 2.30. The monoisotopic (exact) mass is 766 g/mol. The topological polar surface area (TPSA) is 228 Å². The van der Waals surface area contributed by atoms with Gasteiger partial charge in [-0.3, -0.25) is 4.79 Å². The molecule has 1 amide bonds. The van der Waals surface area contributed by atoms with E-state index in [4.69, 9.17) is 18.9 Å². The molecule has 314 valence electrons. The van der Waals surface area contributed by atoms with Gasteiger partial charge in [-0.1, -0.05) is 129 Å². The van der Waals surface area contributed by atoms with E-state index in [0.29, 0.717) is 12.8 Å². The Balaban J connectivity index is 1.85. The molecular weight excluding hydrogens is 690 g/mol. The lowest BCUT2D eigenvalue weighted by Crippen LogP contribution is -2.65. The zero-order valence-electron chi connectivity index (χ0n) is 32.5. The molecule has 0 aliphatic carbocycles. The molecule has 14 heteroatoms. The van der Waals surface area contributed by atoms with Crippen molar-refractivity contribution >= 4 is 5.91 Å². The van der Waals surface area contributed by atoms with E-state index in [1.54, 1.807) is 0 Å². The second-order valence-corrected chi connectivity index (χ2v) is 15.1. The van der Waals surface area contributed by atoms with Gasteiger partial charge in [-0.2, -0.15) is 0 Å². The van der Waals surface area contributed by atoms with Gasteiger partial charge in [-0.15, -0.1) is 0 Å². The predicted octanol–water partition coefficient (Wildman–Crippen LogP) is 2.70. The Kier molecular flexibility index (Phi) is 25.8. The first-order valence-corrected chi connectivity index (χ1v) is 20.8. The summed E-state index contributed by atoms with van der Waals surface area (Å²) < 4.78 is 22.5. The summed E-state index contributed by atoms with van der Waals surface area (Å²) >= 11 is 0. The fourth-order valence-corrected chi connectivity index (χ4v) is 7.06. The summed E-state index contributed by atoms with van der Waals surface area (Å²) in [6, 6.07) is -0.816. The van der Waals surface area contributed by atoms with Crippen molar-refractivity contribution in [3.63, 3.8) is 0 Å². The molecule has 0 radical (unpaired) electrons. The molecule has 0 aromatic carbocycles. The molecule has 2 aliphatic rings. The number of amides is 1. The van der Waals surface area contributed by atoms with E-state index in [1.807, 2.05) is 0 Å². The molecule has 2 heterocycles. The van der Waals surface area contributed by atoms with Gasteiger partial charge >= 0.3 is 0 Å². The first kappa shape index (κ1) is 48.1. The second kappa shape index (κ2) is 28.4. The number of aliphatic hydroxyl groups is 8. The number of unbranched alkanes of at least 4 members (excludes halogenated alkanes) is 17. The first-order chi connectivity index (χ1) is 25.6. The zero-order valence-corrected chi connectivity index (χ0v) is 32.5. The maximum atomic E-state index is 13.0. The van der Waals surface area contributed by atoms with Gasteiger partial charge in [-0.05, 0) is 12.8 Å². The van der Waals surface area contributed by atoms with Gasteiger partial charge in [0, 0.05) is 6.42 Å². The van der Waals surface area contributed by atoms with E-state index in [0.717, 1.165) is 57.8 Å². The molecule has 0 saturated carbocycles. The van der Waals surface area contributed by atoms with E-state index in [1.165, 1.54) is 64.2 Å². The molecule has 0 bridgehead atoms. The van der Waals surface area contributed by atoms with Crippen LogP contribution in [0.1, 0.15) is 149 Å². The lowest BCUT2D eigenvalue weighted by atomic mass is 9.97. The van der Waals surface area contributed by atoms with Crippen LogP contribution < -0.4 is 5.32 Å². The third kappa shape index (κ3) is 17.8. The summed E-state index contributed by atoms with van der Waals surface area (Å²) in [5, 5.41) is 85.9. The highest BCUT2D eigenvalue weighted by Gasteiger charge is 2.50. The molecule has 2 saturated heterocycles. The van der Waals surface area contributed by atoms with Crippen LogP contribution in [-0.4, -0.2) is 140 Å². The lowest BCUT2D eigenvalue weighted by molar-refractivity contribution is -0.359. The number of aliphatic hydroxyl groups excluding tert-OH is 8. The smallest absolute Gasteiger partial charge is 0.220 e. The SMILES string of the molecule is CCCCCCCCCCCCCCCCC(=O)NC(COC1OC(CO)C(OC2OC(CO)C(O)C(O)C2O)C(O)C1O)C(O)CCCCCCC. The molecule has 0 aromatic heterocycles. The number of ether oxygens (including phenoxy) is 4. The number of carbonyl (C=O) groups excluding carboxylic acids is 1. The minimum atomic E-state index is -1.78. The molecule has 12 atom stereocenters. The van der Waals surface area contributed by atoms with E-state index >= 15 is 0 Å². The average molecular weight is 766 g/mol. The van der Waals surface area contributed by atoms with Gasteiger partial charge in [0.15, 0.2) is 12.6 Å². The molecule has 14 nitrogen and oxygen atoms in total. The highest BCUT2D eigenvalue weighted by atomic mass is 16.7. The van der Waals surface area contributed by atoms with E-state index in [9.17, 15) is 45.6 Å². The van der Waals surface area contributed by atoms with Crippen LogP contribution in [0.25, 0.3) is 0 Å². The van der Waals surface area contributed by atoms with Gasteiger partial charge in [0.05, 0.1) is 32.0 Å². The van der Waals surface area contributed by atoms with E-state index in [-0.39, 0.29) is 12.5 Å². The fraction of sp³-hybridized carbons (Fsp3) is 0.974. The number of nitrogens with one attached hydrogen (secondary N) is 1. The van der Waals surface area contributed by atoms with Crippen molar-refractivity contribution in [1.29, 1.82) is 0 Å². The molecule has 2 rings (SSSR count). The van der Waals surface area contributed by atoms with Crippen LogP contribution in [0.5, 0.6) is 0 Å². The van der Waals surface area contributed by atoms with Gasteiger partial charge in [-0.25, -0.2) is 0 Å². The van der Waals surface area contributed by atoms with Crippen molar-refractivity contribution in [3.8, 4) is 0 Å². The van der Waals surface area contributed by atoms with Crippen molar-refractivity contribution in [3.05, 3.63) is 0 Å². The molecule has 12 unspecified atom stereocenters. The van der Waals surface area contributed by atoms with Crippen molar-refractivity contribution in [2.24, 2.45) is 0 Å². The van der Waals surface area contributed by atoms with Gasteiger partial charge < -0.3 is 65.1 Å². The third-order valence-electron chi connectivity index (χ3n) is 10.6. The summed E-state index contributed by atoms with van der Waals surface area (Å²) in [5.74, 6) is -0.214. The molecule has 9 N–H and O–H groups in total. The summed E-state index contributed by atoms with van der Waals surface area (Å²) in [6.07, 6.45) is 6.05. The Hall–Kier alpha value is -1.01. The van der Waals surface area contributed by atoms with Crippen LogP contribution in [0.2, 0.25) is 0 Å². The Morgan fingerprint density at radius 1 is 0.604 bits per heavy atom. The second-order valence-electron chi connectivity index (χ2n) is 15.1. The summed E-state index contributed by atoms with van der Waals surface area (Å²) in [4.78, 5) is 13.0. The van der Waals surface area contributed by atoms with Crippen molar-refractivity contribution < 1.29 is 64.6 Å². The molecule has 0 aromatic rings. The van der Waals surface area contributed by atoms with Crippen LogP contribution in [0.4, 0.5) is 0 Å². The number of carbonyl (C=O) groups is 1. The van der Waals surface area contributed by atoms with E-state index in [2.05, 4.69) is 19.2 Å². The maximum absolute atomic E-state index is 13.0. The van der Waals surface area contributed by atoms with Crippen molar-refractivity contribution in [1.82, 2.24) is 5.32 Å². The molecular formula is C39H75NO13. The number of hydrogen-bond acceptors (Lipinski definition) is 13. The summed E-state index contributed by atoms with van der Waals surface area (Å²) in [7, 11) is 0. The first-order valence-electron chi connectivity index (χ1n) is 20.8. The molecule has 0 spiro atoms. The lowest BCUT2D eigenvalue weighted by Gasteiger charge is -2.46. The minimum Gasteiger partial charge on any atom is -0.394 e. The van der Waals surface area contributed by atoms with Crippen LogP contribution in [0.15, 0.2) is 0 Å². The maximum Gasteiger partial charge on any atom is 0.220 e. The Morgan fingerprint density at radius 2 is 1.08 bits per heavy atom. The molecule has 53 heavy (non-hydrogen) atoms. The van der Waals surface area contributed by atoms with Crippen LogP contribution in [0, 0.1) is 0 Å². The summed E-state index contributed by atoms with van der Waals surface area (Å²) in [6.45, 7) is 2.72. The van der Waals surface area contributed by atoms with Crippen LogP contribution >= 0.6 is 0 Å². The molecule has 2 aliphatic heterocycles. The van der Waals surface area contributed by atoms with Crippen LogP contribution in [-0.2, 0) is 23.7 Å². The predicted molar refractivity (Wildman–Crippen MR) is 199 cm³/mol.